The minimum atomic E-state index is 0.632. The van der Waals surface area contributed by atoms with Gasteiger partial charge < -0.3 is 5.73 Å². The van der Waals surface area contributed by atoms with Crippen molar-refractivity contribution >= 4 is 21.4 Å². The van der Waals surface area contributed by atoms with Gasteiger partial charge in [-0.25, -0.2) is 0 Å². The fourth-order valence-electron chi connectivity index (χ4n) is 1.33. The Bertz CT molecular complexity index is 487. The van der Waals surface area contributed by atoms with E-state index in [1.807, 2.05) is 6.07 Å². The van der Waals surface area contributed by atoms with Gasteiger partial charge in [0.15, 0.2) is 0 Å². The summed E-state index contributed by atoms with van der Waals surface area (Å²) in [5.41, 5.74) is 6.49. The monoisotopic (exact) mass is 201 g/mol. The van der Waals surface area contributed by atoms with Gasteiger partial charge in [-0.3, -0.25) is 0 Å². The smallest absolute Gasteiger partial charge is 0.0355 e. The third-order valence-electron chi connectivity index (χ3n) is 1.99. The Kier molecular flexibility index (Phi) is 2.83. The van der Waals surface area contributed by atoms with E-state index in [9.17, 15) is 0 Å². The second kappa shape index (κ2) is 4.28. The molecule has 0 fully saturated rings. The van der Waals surface area contributed by atoms with Crippen LogP contribution in [0.3, 0.4) is 0 Å². The lowest BCUT2D eigenvalue weighted by atomic mass is 10.1. The first-order valence-electron chi connectivity index (χ1n) is 4.57. The number of thiophene rings is 1. The average molecular weight is 201 g/mol. The Labute approximate surface area is 87.6 Å². The lowest BCUT2D eigenvalue weighted by Crippen LogP contribution is -1.95. The maximum absolute atomic E-state index is 5.38. The van der Waals surface area contributed by atoms with E-state index in [0.29, 0.717) is 6.54 Å². The molecular weight excluding hydrogens is 190 g/mol. The molecule has 0 amide bonds. The first-order valence-corrected chi connectivity index (χ1v) is 5.45. The molecule has 14 heavy (non-hydrogen) atoms. The second-order valence-electron chi connectivity index (χ2n) is 2.98. The van der Waals surface area contributed by atoms with E-state index in [4.69, 9.17) is 5.73 Å². The van der Waals surface area contributed by atoms with Crippen LogP contribution in [0.4, 0.5) is 0 Å². The van der Waals surface area contributed by atoms with Crippen molar-refractivity contribution in [2.45, 2.75) is 6.42 Å². The average Bonchev–Trinajstić information content (AvgIpc) is 2.67. The first kappa shape index (κ1) is 9.26. The lowest BCUT2D eigenvalue weighted by Gasteiger charge is -1.92. The van der Waals surface area contributed by atoms with Gasteiger partial charge in [-0.2, -0.15) is 0 Å². The summed E-state index contributed by atoms with van der Waals surface area (Å²) in [6.07, 6.45) is 0.764. The summed E-state index contributed by atoms with van der Waals surface area (Å²) in [5, 5.41) is 3.35. The Balaban J connectivity index is 2.43. The third kappa shape index (κ3) is 1.79. The quantitative estimate of drug-likeness (QED) is 0.705. The van der Waals surface area contributed by atoms with Crippen molar-refractivity contribution in [3.63, 3.8) is 0 Å². The molecule has 0 spiro atoms. The number of hydrogen-bond donors (Lipinski definition) is 1. The van der Waals surface area contributed by atoms with Crippen molar-refractivity contribution in [2.75, 3.05) is 6.54 Å². The number of hydrogen-bond acceptors (Lipinski definition) is 2. The van der Waals surface area contributed by atoms with Gasteiger partial charge in [-0.15, -0.1) is 11.3 Å². The van der Waals surface area contributed by atoms with E-state index in [-0.39, 0.29) is 0 Å². The molecule has 2 heteroatoms. The minimum absolute atomic E-state index is 0.632. The van der Waals surface area contributed by atoms with Crippen LogP contribution in [0.15, 0.2) is 29.6 Å². The Morgan fingerprint density at radius 2 is 2.21 bits per heavy atom. The summed E-state index contributed by atoms with van der Waals surface area (Å²) < 4.78 is 1.30. The molecular formula is C12H11NS. The molecule has 0 saturated carbocycles. The van der Waals surface area contributed by atoms with Gasteiger partial charge in [0.1, 0.15) is 0 Å². The van der Waals surface area contributed by atoms with Gasteiger partial charge in [0.25, 0.3) is 0 Å². The van der Waals surface area contributed by atoms with Gasteiger partial charge in [0.2, 0.25) is 0 Å². The highest BCUT2D eigenvalue weighted by atomic mass is 32.1. The van der Waals surface area contributed by atoms with Gasteiger partial charge in [-0.05, 0) is 23.6 Å². The van der Waals surface area contributed by atoms with Gasteiger partial charge in [0, 0.05) is 28.6 Å². The standard InChI is InChI=1S/C12H11NS/c13-8-2-1-4-10-5-3-6-12-11(10)7-9-14-12/h3,5-7,9H,2,8,13H2. The predicted octanol–water partition coefficient (Wildman–Crippen LogP) is 2.60. The molecule has 2 N–H and O–H groups in total. The van der Waals surface area contributed by atoms with E-state index in [0.717, 1.165) is 12.0 Å². The minimum Gasteiger partial charge on any atom is -0.330 e. The molecule has 1 heterocycles. The van der Waals surface area contributed by atoms with E-state index in [1.165, 1.54) is 10.1 Å². The highest BCUT2D eigenvalue weighted by molar-refractivity contribution is 7.17. The Morgan fingerprint density at radius 3 is 3.07 bits per heavy atom. The fourth-order valence-corrected chi connectivity index (χ4v) is 2.15. The van der Waals surface area contributed by atoms with E-state index in [2.05, 4.69) is 35.4 Å². The highest BCUT2D eigenvalue weighted by Crippen LogP contribution is 2.23. The molecule has 0 unspecified atom stereocenters. The molecule has 0 bridgehead atoms. The van der Waals surface area contributed by atoms with Gasteiger partial charge in [0.05, 0.1) is 0 Å². The zero-order valence-electron chi connectivity index (χ0n) is 7.79. The maximum atomic E-state index is 5.38. The van der Waals surface area contributed by atoms with Crippen LogP contribution in [-0.2, 0) is 0 Å². The van der Waals surface area contributed by atoms with Gasteiger partial charge >= 0.3 is 0 Å². The molecule has 1 aromatic carbocycles. The summed E-state index contributed by atoms with van der Waals surface area (Å²) in [6, 6.07) is 8.34. The molecule has 2 rings (SSSR count). The number of benzene rings is 1. The second-order valence-corrected chi connectivity index (χ2v) is 3.93. The van der Waals surface area contributed by atoms with Crippen LogP contribution in [0.5, 0.6) is 0 Å². The molecule has 1 nitrogen and oxygen atoms in total. The van der Waals surface area contributed by atoms with Crippen LogP contribution in [0.1, 0.15) is 12.0 Å². The largest absolute Gasteiger partial charge is 0.330 e. The topological polar surface area (TPSA) is 26.0 Å². The number of nitrogens with two attached hydrogens (primary N) is 1. The van der Waals surface area contributed by atoms with Crippen molar-refractivity contribution in [1.82, 2.24) is 0 Å². The van der Waals surface area contributed by atoms with Crippen LogP contribution in [0, 0.1) is 11.8 Å². The maximum Gasteiger partial charge on any atom is 0.0355 e. The van der Waals surface area contributed by atoms with Crippen LogP contribution >= 0.6 is 11.3 Å². The van der Waals surface area contributed by atoms with Crippen LogP contribution < -0.4 is 5.73 Å². The zero-order chi connectivity index (χ0) is 9.80. The van der Waals surface area contributed by atoms with Crippen molar-refractivity contribution in [2.24, 2.45) is 5.73 Å². The molecule has 0 aliphatic heterocycles. The van der Waals surface area contributed by atoms with Gasteiger partial charge in [-0.1, -0.05) is 17.9 Å². The molecule has 0 atom stereocenters. The summed E-state index contributed by atoms with van der Waals surface area (Å²) in [6.45, 7) is 0.632. The molecule has 2 aromatic rings. The lowest BCUT2D eigenvalue weighted by molar-refractivity contribution is 1.03. The SMILES string of the molecule is NCCC#Cc1cccc2sccc12. The normalized spacial score (nSPS) is 9.79. The third-order valence-corrected chi connectivity index (χ3v) is 2.87. The molecule has 0 aliphatic carbocycles. The first-order chi connectivity index (χ1) is 6.92. The van der Waals surface area contributed by atoms with E-state index < -0.39 is 0 Å². The zero-order valence-corrected chi connectivity index (χ0v) is 8.60. The number of rotatable bonds is 1. The molecule has 1 aromatic heterocycles. The summed E-state index contributed by atoms with van der Waals surface area (Å²) in [7, 11) is 0. The van der Waals surface area contributed by atoms with E-state index in [1.54, 1.807) is 11.3 Å². The highest BCUT2D eigenvalue weighted by Gasteiger charge is 1.97. The molecule has 0 radical (unpaired) electrons. The summed E-state index contributed by atoms with van der Waals surface area (Å²) >= 11 is 1.75. The van der Waals surface area contributed by atoms with Crippen molar-refractivity contribution in [3.8, 4) is 11.8 Å². The van der Waals surface area contributed by atoms with Crippen molar-refractivity contribution in [3.05, 3.63) is 35.2 Å². The fraction of sp³-hybridized carbons (Fsp3) is 0.167. The Hall–Kier alpha value is -1.30. The van der Waals surface area contributed by atoms with Crippen LogP contribution in [0.25, 0.3) is 10.1 Å². The molecule has 0 saturated heterocycles. The van der Waals surface area contributed by atoms with Crippen molar-refractivity contribution in [1.29, 1.82) is 0 Å². The predicted molar refractivity (Wildman–Crippen MR) is 62.4 cm³/mol. The summed E-state index contributed by atoms with van der Waals surface area (Å²) in [5.74, 6) is 6.21. The van der Waals surface area contributed by atoms with Crippen molar-refractivity contribution < 1.29 is 0 Å². The van der Waals surface area contributed by atoms with Crippen LogP contribution in [0.2, 0.25) is 0 Å². The Morgan fingerprint density at radius 1 is 1.29 bits per heavy atom. The summed E-state index contributed by atoms with van der Waals surface area (Å²) in [4.78, 5) is 0. The molecule has 70 valence electrons. The number of fused-ring (bicyclic) bond motifs is 1. The van der Waals surface area contributed by atoms with E-state index >= 15 is 0 Å². The van der Waals surface area contributed by atoms with Crippen LogP contribution in [-0.4, -0.2) is 6.54 Å². The molecule has 0 aliphatic rings.